The maximum atomic E-state index is 13.4. The van der Waals surface area contributed by atoms with Crippen molar-refractivity contribution < 1.29 is 4.39 Å². The Labute approximate surface area is 109 Å². The Balaban J connectivity index is 1.48. The standard InChI is InChI=1S/C16H22FN/c1-11-2-3-13(8-16(11)17)9-18-10-15-7-12-4-5-14(15)6-12/h2-3,8,12,14-15,18H,4-7,9-10H2,1H3. The molecule has 0 aliphatic heterocycles. The fraction of sp³-hybridized carbons (Fsp3) is 0.625. The van der Waals surface area contributed by atoms with E-state index < -0.39 is 0 Å². The van der Waals surface area contributed by atoms with Crippen molar-refractivity contribution in [3.05, 3.63) is 35.1 Å². The highest BCUT2D eigenvalue weighted by atomic mass is 19.1. The van der Waals surface area contributed by atoms with Crippen molar-refractivity contribution in [3.63, 3.8) is 0 Å². The van der Waals surface area contributed by atoms with Crippen molar-refractivity contribution in [2.24, 2.45) is 17.8 Å². The van der Waals surface area contributed by atoms with Crippen LogP contribution in [0.5, 0.6) is 0 Å². The van der Waals surface area contributed by atoms with Crippen molar-refractivity contribution in [2.45, 2.75) is 39.2 Å². The van der Waals surface area contributed by atoms with Gasteiger partial charge in [-0.2, -0.15) is 0 Å². The van der Waals surface area contributed by atoms with Crippen LogP contribution in [0.3, 0.4) is 0 Å². The molecule has 18 heavy (non-hydrogen) atoms. The molecule has 1 N–H and O–H groups in total. The average Bonchev–Trinajstić information content (AvgIpc) is 2.96. The van der Waals surface area contributed by atoms with Crippen LogP contribution in [0.15, 0.2) is 18.2 Å². The number of nitrogens with one attached hydrogen (secondary N) is 1. The zero-order valence-corrected chi connectivity index (χ0v) is 11.1. The molecule has 0 aromatic heterocycles. The van der Waals surface area contributed by atoms with Crippen LogP contribution in [0.25, 0.3) is 0 Å². The fourth-order valence-corrected chi connectivity index (χ4v) is 3.77. The van der Waals surface area contributed by atoms with Crippen LogP contribution < -0.4 is 5.32 Å². The lowest BCUT2D eigenvalue weighted by atomic mass is 9.89. The summed E-state index contributed by atoms with van der Waals surface area (Å²) in [7, 11) is 0. The Morgan fingerprint density at radius 2 is 2.17 bits per heavy atom. The number of fused-ring (bicyclic) bond motifs is 2. The molecular weight excluding hydrogens is 225 g/mol. The van der Waals surface area contributed by atoms with Crippen LogP contribution in [0.2, 0.25) is 0 Å². The van der Waals surface area contributed by atoms with Crippen molar-refractivity contribution in [1.29, 1.82) is 0 Å². The molecule has 3 unspecified atom stereocenters. The molecule has 1 aromatic rings. The first-order valence-corrected chi connectivity index (χ1v) is 7.18. The summed E-state index contributed by atoms with van der Waals surface area (Å²) in [5.74, 6) is 2.77. The average molecular weight is 247 g/mol. The quantitative estimate of drug-likeness (QED) is 0.856. The van der Waals surface area contributed by atoms with E-state index >= 15 is 0 Å². The molecule has 3 atom stereocenters. The molecule has 2 fully saturated rings. The second-order valence-corrected chi connectivity index (χ2v) is 6.15. The molecule has 3 rings (SSSR count). The first-order chi connectivity index (χ1) is 8.72. The van der Waals surface area contributed by atoms with E-state index in [-0.39, 0.29) is 5.82 Å². The number of hydrogen-bond donors (Lipinski definition) is 1. The van der Waals surface area contributed by atoms with E-state index in [1.807, 2.05) is 19.1 Å². The van der Waals surface area contributed by atoms with Gasteiger partial charge < -0.3 is 5.32 Å². The van der Waals surface area contributed by atoms with Gasteiger partial charge in [0.25, 0.3) is 0 Å². The van der Waals surface area contributed by atoms with Crippen LogP contribution >= 0.6 is 0 Å². The molecule has 0 radical (unpaired) electrons. The number of benzene rings is 1. The fourth-order valence-electron chi connectivity index (χ4n) is 3.77. The molecule has 2 saturated carbocycles. The molecular formula is C16H22FN. The second kappa shape index (κ2) is 5.00. The minimum Gasteiger partial charge on any atom is -0.312 e. The number of rotatable bonds is 4. The first-order valence-electron chi connectivity index (χ1n) is 7.18. The Morgan fingerprint density at radius 3 is 2.83 bits per heavy atom. The predicted octanol–water partition coefficient (Wildman–Crippen LogP) is 3.66. The number of halogens is 1. The third-order valence-electron chi connectivity index (χ3n) is 4.86. The molecule has 0 heterocycles. The van der Waals surface area contributed by atoms with Gasteiger partial charge in [-0.05, 0) is 67.7 Å². The summed E-state index contributed by atoms with van der Waals surface area (Å²) in [5, 5.41) is 3.51. The number of aryl methyl sites for hydroxylation is 1. The van der Waals surface area contributed by atoms with Gasteiger partial charge in [0.05, 0.1) is 0 Å². The normalized spacial score (nSPS) is 30.0. The lowest BCUT2D eigenvalue weighted by molar-refractivity contribution is 0.318. The van der Waals surface area contributed by atoms with E-state index in [1.54, 1.807) is 6.07 Å². The van der Waals surface area contributed by atoms with Gasteiger partial charge in [0.1, 0.15) is 5.82 Å². The molecule has 2 aliphatic rings. The maximum Gasteiger partial charge on any atom is 0.126 e. The molecule has 98 valence electrons. The molecule has 0 amide bonds. The summed E-state index contributed by atoms with van der Waals surface area (Å²) < 4.78 is 13.4. The molecule has 1 nitrogen and oxygen atoms in total. The minimum absolute atomic E-state index is 0.0887. The van der Waals surface area contributed by atoms with Gasteiger partial charge in [0.15, 0.2) is 0 Å². The van der Waals surface area contributed by atoms with Crippen LogP contribution in [0, 0.1) is 30.5 Å². The summed E-state index contributed by atoms with van der Waals surface area (Å²) in [6, 6.07) is 5.54. The van der Waals surface area contributed by atoms with E-state index in [0.29, 0.717) is 0 Å². The van der Waals surface area contributed by atoms with Crippen LogP contribution in [0.4, 0.5) is 4.39 Å². The predicted molar refractivity (Wildman–Crippen MR) is 71.8 cm³/mol. The van der Waals surface area contributed by atoms with Gasteiger partial charge in [-0.1, -0.05) is 18.6 Å². The highest BCUT2D eigenvalue weighted by Gasteiger charge is 2.38. The van der Waals surface area contributed by atoms with E-state index in [9.17, 15) is 4.39 Å². The van der Waals surface area contributed by atoms with Crippen molar-refractivity contribution >= 4 is 0 Å². The van der Waals surface area contributed by atoms with E-state index in [0.717, 1.165) is 42.0 Å². The van der Waals surface area contributed by atoms with E-state index in [4.69, 9.17) is 0 Å². The van der Waals surface area contributed by atoms with Gasteiger partial charge in [-0.25, -0.2) is 4.39 Å². The SMILES string of the molecule is Cc1ccc(CNCC2CC3CCC2C3)cc1F. The molecule has 0 saturated heterocycles. The molecule has 1 aromatic carbocycles. The van der Waals surface area contributed by atoms with Crippen molar-refractivity contribution in [2.75, 3.05) is 6.54 Å². The van der Waals surface area contributed by atoms with Gasteiger partial charge in [-0.3, -0.25) is 0 Å². The van der Waals surface area contributed by atoms with Gasteiger partial charge in [-0.15, -0.1) is 0 Å². The smallest absolute Gasteiger partial charge is 0.126 e. The molecule has 2 aliphatic carbocycles. The van der Waals surface area contributed by atoms with Gasteiger partial charge >= 0.3 is 0 Å². The summed E-state index contributed by atoms with van der Waals surface area (Å²) in [6.07, 6.45) is 5.78. The molecule has 2 heteroatoms. The third-order valence-corrected chi connectivity index (χ3v) is 4.86. The topological polar surface area (TPSA) is 12.0 Å². The van der Waals surface area contributed by atoms with Crippen LogP contribution in [-0.2, 0) is 6.54 Å². The van der Waals surface area contributed by atoms with E-state index in [2.05, 4.69) is 5.32 Å². The van der Waals surface area contributed by atoms with Gasteiger partial charge in [0, 0.05) is 6.54 Å². The minimum atomic E-state index is -0.0887. The highest BCUT2D eigenvalue weighted by Crippen LogP contribution is 2.47. The Bertz CT molecular complexity index is 429. The first kappa shape index (κ1) is 12.2. The van der Waals surface area contributed by atoms with Crippen molar-refractivity contribution in [3.8, 4) is 0 Å². The highest BCUT2D eigenvalue weighted by molar-refractivity contribution is 5.23. The van der Waals surface area contributed by atoms with Gasteiger partial charge in [0.2, 0.25) is 0 Å². The lowest BCUT2D eigenvalue weighted by Gasteiger charge is -2.21. The second-order valence-electron chi connectivity index (χ2n) is 6.15. The van der Waals surface area contributed by atoms with Crippen LogP contribution in [-0.4, -0.2) is 6.54 Å². The monoisotopic (exact) mass is 247 g/mol. The summed E-state index contributed by atoms with van der Waals surface area (Å²) in [6.45, 7) is 3.71. The van der Waals surface area contributed by atoms with Crippen molar-refractivity contribution in [1.82, 2.24) is 5.32 Å². The van der Waals surface area contributed by atoms with Crippen LogP contribution in [0.1, 0.15) is 36.8 Å². The molecule has 2 bridgehead atoms. The Morgan fingerprint density at radius 1 is 1.28 bits per heavy atom. The summed E-state index contributed by atoms with van der Waals surface area (Å²) >= 11 is 0. The Hall–Kier alpha value is -0.890. The van der Waals surface area contributed by atoms with E-state index in [1.165, 1.54) is 25.7 Å². The zero-order chi connectivity index (χ0) is 12.5. The Kier molecular flexibility index (Phi) is 3.38. The zero-order valence-electron chi connectivity index (χ0n) is 11.1. The maximum absolute atomic E-state index is 13.4. The third kappa shape index (κ3) is 2.44. The largest absolute Gasteiger partial charge is 0.312 e. The summed E-state index contributed by atoms with van der Waals surface area (Å²) in [5.41, 5.74) is 1.79. The lowest BCUT2D eigenvalue weighted by Crippen LogP contribution is -2.26. The molecule has 0 spiro atoms. The summed E-state index contributed by atoms with van der Waals surface area (Å²) in [4.78, 5) is 0. The number of hydrogen-bond acceptors (Lipinski definition) is 1.